The first-order valence-electron chi connectivity index (χ1n) is 5.80. The average molecular weight is 235 g/mol. The van der Waals surface area contributed by atoms with Crippen molar-refractivity contribution in [3.05, 3.63) is 23.9 Å². The van der Waals surface area contributed by atoms with Crippen molar-refractivity contribution in [1.82, 2.24) is 10.3 Å². The molecule has 0 radical (unpaired) electrons. The van der Waals surface area contributed by atoms with Crippen LogP contribution in [-0.4, -0.2) is 31.6 Å². The lowest BCUT2D eigenvalue weighted by molar-refractivity contribution is 0.822. The molecule has 0 saturated carbocycles. The zero-order valence-corrected chi connectivity index (χ0v) is 10.8. The summed E-state index contributed by atoms with van der Waals surface area (Å²) in [6.45, 7) is 3.44. The van der Waals surface area contributed by atoms with Gasteiger partial charge in [0.15, 0.2) is 5.96 Å². The van der Waals surface area contributed by atoms with E-state index in [9.17, 15) is 0 Å². The van der Waals surface area contributed by atoms with Crippen molar-refractivity contribution in [2.75, 3.05) is 25.5 Å². The van der Waals surface area contributed by atoms with Crippen molar-refractivity contribution >= 4 is 11.8 Å². The lowest BCUT2D eigenvalue weighted by Crippen LogP contribution is -2.32. The molecule has 0 aliphatic heterocycles. The van der Waals surface area contributed by atoms with Crippen LogP contribution in [0.5, 0.6) is 0 Å². The Morgan fingerprint density at radius 3 is 2.88 bits per heavy atom. The average Bonchev–Trinajstić information content (AvgIpc) is 2.34. The first kappa shape index (κ1) is 13.3. The molecule has 0 aliphatic rings. The molecule has 0 spiro atoms. The lowest BCUT2D eigenvalue weighted by atomic mass is 10.3. The first-order chi connectivity index (χ1) is 8.13. The molecular weight excluding hydrogens is 214 g/mol. The number of aromatic nitrogens is 1. The van der Waals surface area contributed by atoms with Gasteiger partial charge in [-0.2, -0.15) is 0 Å². The molecule has 0 aromatic carbocycles. The van der Waals surface area contributed by atoms with Crippen molar-refractivity contribution < 1.29 is 0 Å². The highest BCUT2D eigenvalue weighted by molar-refractivity contribution is 5.77. The van der Waals surface area contributed by atoms with E-state index >= 15 is 0 Å². The maximum absolute atomic E-state index is 5.71. The Kier molecular flexibility index (Phi) is 5.26. The van der Waals surface area contributed by atoms with Crippen LogP contribution < -0.4 is 16.0 Å². The maximum Gasteiger partial charge on any atom is 0.188 e. The minimum absolute atomic E-state index is 0.476. The second kappa shape index (κ2) is 6.73. The highest BCUT2D eigenvalue weighted by atomic mass is 15.1. The molecule has 3 N–H and O–H groups in total. The monoisotopic (exact) mass is 235 g/mol. The molecule has 0 unspecified atom stereocenters. The summed E-state index contributed by atoms with van der Waals surface area (Å²) in [6.07, 6.45) is 1.03. The SMILES string of the molecule is CCCNC(N)=NCc1cccc(N(C)C)n1. The Morgan fingerprint density at radius 2 is 2.24 bits per heavy atom. The molecule has 0 aliphatic carbocycles. The highest BCUT2D eigenvalue weighted by Gasteiger charge is 1.99. The molecule has 1 aromatic rings. The Bertz CT molecular complexity index is 373. The quantitative estimate of drug-likeness (QED) is 0.589. The summed E-state index contributed by atoms with van der Waals surface area (Å²) in [7, 11) is 3.93. The van der Waals surface area contributed by atoms with E-state index in [4.69, 9.17) is 5.73 Å². The summed E-state index contributed by atoms with van der Waals surface area (Å²) >= 11 is 0. The predicted molar refractivity (Wildman–Crippen MR) is 72.2 cm³/mol. The van der Waals surface area contributed by atoms with Crippen LogP contribution in [0.25, 0.3) is 0 Å². The molecule has 0 amide bonds. The molecule has 1 heterocycles. The number of aliphatic imine (C=N–C) groups is 1. The number of guanidine groups is 1. The van der Waals surface area contributed by atoms with Crippen molar-refractivity contribution in [3.63, 3.8) is 0 Å². The van der Waals surface area contributed by atoms with Gasteiger partial charge in [0.1, 0.15) is 5.82 Å². The number of anilines is 1. The topological polar surface area (TPSA) is 66.5 Å². The zero-order valence-electron chi connectivity index (χ0n) is 10.8. The van der Waals surface area contributed by atoms with Crippen LogP contribution in [0.3, 0.4) is 0 Å². The Labute approximate surface area is 103 Å². The number of nitrogens with two attached hydrogens (primary N) is 1. The van der Waals surface area contributed by atoms with E-state index in [1.54, 1.807) is 0 Å². The van der Waals surface area contributed by atoms with Crippen LogP contribution in [0.1, 0.15) is 19.0 Å². The number of rotatable bonds is 5. The summed E-state index contributed by atoms with van der Waals surface area (Å²) in [5.41, 5.74) is 6.62. The number of nitrogens with zero attached hydrogens (tertiary/aromatic N) is 3. The summed E-state index contributed by atoms with van der Waals surface area (Å²) in [4.78, 5) is 10.7. The van der Waals surface area contributed by atoms with Crippen molar-refractivity contribution in [3.8, 4) is 0 Å². The molecular formula is C12H21N5. The van der Waals surface area contributed by atoms with Gasteiger partial charge >= 0.3 is 0 Å². The molecule has 5 nitrogen and oxygen atoms in total. The van der Waals surface area contributed by atoms with E-state index in [0.29, 0.717) is 12.5 Å². The van der Waals surface area contributed by atoms with Crippen LogP contribution in [0.15, 0.2) is 23.2 Å². The van der Waals surface area contributed by atoms with Gasteiger partial charge in [0.05, 0.1) is 12.2 Å². The summed E-state index contributed by atoms with van der Waals surface area (Å²) in [6, 6.07) is 5.89. The van der Waals surface area contributed by atoms with Gasteiger partial charge < -0.3 is 16.0 Å². The Balaban J connectivity index is 2.59. The number of hydrogen-bond donors (Lipinski definition) is 2. The number of pyridine rings is 1. The molecule has 0 fully saturated rings. The van der Waals surface area contributed by atoms with Crippen molar-refractivity contribution in [2.24, 2.45) is 10.7 Å². The van der Waals surface area contributed by atoms with Gasteiger partial charge in [0.25, 0.3) is 0 Å². The minimum Gasteiger partial charge on any atom is -0.370 e. The van der Waals surface area contributed by atoms with E-state index in [0.717, 1.165) is 24.5 Å². The fourth-order valence-electron chi connectivity index (χ4n) is 1.28. The Hall–Kier alpha value is -1.78. The fourth-order valence-corrected chi connectivity index (χ4v) is 1.28. The molecule has 1 rings (SSSR count). The van der Waals surface area contributed by atoms with Gasteiger partial charge in [0.2, 0.25) is 0 Å². The summed E-state index contributed by atoms with van der Waals surface area (Å²) in [5, 5.41) is 3.03. The first-order valence-corrected chi connectivity index (χ1v) is 5.80. The Morgan fingerprint density at radius 1 is 1.47 bits per heavy atom. The van der Waals surface area contributed by atoms with Crippen LogP contribution in [-0.2, 0) is 6.54 Å². The third-order valence-electron chi connectivity index (χ3n) is 2.22. The number of hydrogen-bond acceptors (Lipinski definition) is 3. The third kappa shape index (κ3) is 4.72. The van der Waals surface area contributed by atoms with Crippen LogP contribution in [0.4, 0.5) is 5.82 Å². The standard InChI is InChI=1S/C12H21N5/c1-4-8-14-12(13)15-9-10-6-5-7-11(16-10)17(2)3/h5-7H,4,8-9H2,1-3H3,(H3,13,14,15). The van der Waals surface area contributed by atoms with Gasteiger partial charge in [0, 0.05) is 20.6 Å². The summed E-state index contributed by atoms with van der Waals surface area (Å²) < 4.78 is 0. The second-order valence-corrected chi connectivity index (χ2v) is 4.01. The second-order valence-electron chi connectivity index (χ2n) is 4.01. The van der Waals surface area contributed by atoms with Gasteiger partial charge in [-0.25, -0.2) is 9.98 Å². The largest absolute Gasteiger partial charge is 0.370 e. The highest BCUT2D eigenvalue weighted by Crippen LogP contribution is 2.08. The molecule has 1 aromatic heterocycles. The lowest BCUT2D eigenvalue weighted by Gasteiger charge is -2.11. The van der Waals surface area contributed by atoms with Crippen LogP contribution in [0, 0.1) is 0 Å². The molecule has 0 saturated heterocycles. The zero-order chi connectivity index (χ0) is 12.7. The molecule has 0 bridgehead atoms. The van der Waals surface area contributed by atoms with E-state index in [2.05, 4.69) is 22.2 Å². The van der Waals surface area contributed by atoms with E-state index in [1.807, 2.05) is 37.2 Å². The molecule has 5 heteroatoms. The maximum atomic E-state index is 5.71. The summed E-state index contributed by atoms with van der Waals surface area (Å²) in [5.74, 6) is 1.40. The minimum atomic E-state index is 0.476. The van der Waals surface area contributed by atoms with E-state index in [-0.39, 0.29) is 0 Å². The van der Waals surface area contributed by atoms with Crippen molar-refractivity contribution in [2.45, 2.75) is 19.9 Å². The van der Waals surface area contributed by atoms with Gasteiger partial charge in [-0.3, -0.25) is 0 Å². The van der Waals surface area contributed by atoms with Gasteiger partial charge in [-0.05, 0) is 18.6 Å². The van der Waals surface area contributed by atoms with Gasteiger partial charge in [-0.1, -0.05) is 13.0 Å². The predicted octanol–water partition coefficient (Wildman–Crippen LogP) is 0.962. The fraction of sp³-hybridized carbons (Fsp3) is 0.500. The van der Waals surface area contributed by atoms with E-state index < -0.39 is 0 Å². The van der Waals surface area contributed by atoms with E-state index in [1.165, 1.54) is 0 Å². The number of nitrogens with one attached hydrogen (secondary N) is 1. The normalized spacial score (nSPS) is 11.4. The molecule has 94 valence electrons. The van der Waals surface area contributed by atoms with Gasteiger partial charge in [-0.15, -0.1) is 0 Å². The molecule has 0 atom stereocenters. The molecule has 17 heavy (non-hydrogen) atoms. The van der Waals surface area contributed by atoms with Crippen LogP contribution in [0.2, 0.25) is 0 Å². The third-order valence-corrected chi connectivity index (χ3v) is 2.22. The smallest absolute Gasteiger partial charge is 0.188 e. The van der Waals surface area contributed by atoms with Crippen LogP contribution >= 0.6 is 0 Å². The van der Waals surface area contributed by atoms with Crippen molar-refractivity contribution in [1.29, 1.82) is 0 Å².